The molecule has 1 rings (SSSR count). The van der Waals surface area contributed by atoms with E-state index in [2.05, 4.69) is 34.6 Å². The van der Waals surface area contributed by atoms with Crippen molar-refractivity contribution in [2.24, 2.45) is 5.41 Å². The monoisotopic (exact) mass is 234 g/mol. The van der Waals surface area contributed by atoms with Crippen LogP contribution in [0.1, 0.15) is 57.0 Å². The molecule has 0 unspecified atom stereocenters. The molecule has 0 fully saturated rings. The van der Waals surface area contributed by atoms with Crippen molar-refractivity contribution < 1.29 is 9.90 Å². The van der Waals surface area contributed by atoms with Gasteiger partial charge in [-0.2, -0.15) is 0 Å². The number of hydrogen-bond acceptors (Lipinski definition) is 1. The molecule has 1 N–H and O–H groups in total. The van der Waals surface area contributed by atoms with Crippen molar-refractivity contribution in [3.63, 3.8) is 0 Å². The molecule has 0 heterocycles. The lowest BCUT2D eigenvalue weighted by molar-refractivity contribution is 0.0696. The van der Waals surface area contributed by atoms with Gasteiger partial charge in [0.2, 0.25) is 0 Å². The van der Waals surface area contributed by atoms with Crippen LogP contribution < -0.4 is 0 Å². The largest absolute Gasteiger partial charge is 0.478 e. The summed E-state index contributed by atoms with van der Waals surface area (Å²) in [4.78, 5) is 10.8. The van der Waals surface area contributed by atoms with E-state index in [0.717, 1.165) is 6.42 Å². The van der Waals surface area contributed by atoms with Crippen molar-refractivity contribution in [2.75, 3.05) is 0 Å². The fraction of sp³-hybridized carbons (Fsp3) is 0.533. The summed E-state index contributed by atoms with van der Waals surface area (Å²) >= 11 is 0. The van der Waals surface area contributed by atoms with Gasteiger partial charge in [-0.3, -0.25) is 0 Å². The van der Waals surface area contributed by atoms with Crippen molar-refractivity contribution in [3.05, 3.63) is 35.4 Å². The minimum Gasteiger partial charge on any atom is -0.478 e. The highest BCUT2D eigenvalue weighted by Gasteiger charge is 2.27. The van der Waals surface area contributed by atoms with Crippen LogP contribution in [0.25, 0.3) is 0 Å². The predicted molar refractivity (Wildman–Crippen MR) is 70.5 cm³/mol. The van der Waals surface area contributed by atoms with Crippen LogP contribution in [0.4, 0.5) is 0 Å². The topological polar surface area (TPSA) is 37.3 Å². The van der Waals surface area contributed by atoms with Gasteiger partial charge >= 0.3 is 5.97 Å². The Kier molecular flexibility index (Phi) is 3.65. The summed E-state index contributed by atoms with van der Waals surface area (Å²) in [7, 11) is 0. The zero-order valence-electron chi connectivity index (χ0n) is 11.4. The molecule has 94 valence electrons. The van der Waals surface area contributed by atoms with Crippen LogP contribution in [-0.2, 0) is 5.41 Å². The second-order valence-electron chi connectivity index (χ2n) is 6.50. The van der Waals surface area contributed by atoms with Crippen LogP contribution in [0.5, 0.6) is 0 Å². The Morgan fingerprint density at radius 2 is 1.53 bits per heavy atom. The highest BCUT2D eigenvalue weighted by atomic mass is 16.4. The van der Waals surface area contributed by atoms with Crippen LogP contribution in [0.2, 0.25) is 0 Å². The summed E-state index contributed by atoms with van der Waals surface area (Å²) in [5, 5.41) is 8.86. The Labute approximate surface area is 104 Å². The predicted octanol–water partition coefficient (Wildman–Crippen LogP) is 4.10. The van der Waals surface area contributed by atoms with Gasteiger partial charge < -0.3 is 5.11 Å². The summed E-state index contributed by atoms with van der Waals surface area (Å²) < 4.78 is 0. The molecule has 0 atom stereocenters. The standard InChI is InChI=1S/C15H22O2/c1-14(2,3)10-15(4,5)12-8-6-11(7-9-12)13(16)17/h6-9H,10H2,1-5H3,(H,16,17). The SMILES string of the molecule is CC(C)(C)CC(C)(C)c1ccc(C(=O)O)cc1. The molecular formula is C15H22O2. The van der Waals surface area contributed by atoms with Crippen molar-refractivity contribution in [1.82, 2.24) is 0 Å². The van der Waals surface area contributed by atoms with Crippen LogP contribution in [-0.4, -0.2) is 11.1 Å². The fourth-order valence-corrected chi connectivity index (χ4v) is 2.49. The lowest BCUT2D eigenvalue weighted by Gasteiger charge is -2.33. The first-order valence-corrected chi connectivity index (χ1v) is 5.96. The Bertz CT molecular complexity index is 394. The first-order chi connectivity index (χ1) is 7.62. The highest BCUT2D eigenvalue weighted by molar-refractivity contribution is 5.87. The van der Waals surface area contributed by atoms with Crippen LogP contribution >= 0.6 is 0 Å². The zero-order chi connectivity index (χ0) is 13.3. The quantitative estimate of drug-likeness (QED) is 0.855. The smallest absolute Gasteiger partial charge is 0.335 e. The van der Waals surface area contributed by atoms with E-state index in [1.54, 1.807) is 12.1 Å². The van der Waals surface area contributed by atoms with E-state index in [1.165, 1.54) is 5.56 Å². The molecule has 0 bridgehead atoms. The average molecular weight is 234 g/mol. The van der Waals surface area contributed by atoms with Crippen LogP contribution in [0.3, 0.4) is 0 Å². The van der Waals surface area contributed by atoms with Crippen LogP contribution in [0.15, 0.2) is 24.3 Å². The van der Waals surface area contributed by atoms with Gasteiger partial charge in [-0.05, 0) is 34.9 Å². The van der Waals surface area contributed by atoms with E-state index in [-0.39, 0.29) is 10.8 Å². The third-order valence-corrected chi connectivity index (χ3v) is 2.89. The van der Waals surface area contributed by atoms with Gasteiger partial charge in [0, 0.05) is 0 Å². The molecule has 2 heteroatoms. The molecule has 0 saturated heterocycles. The molecule has 0 aliphatic heterocycles. The number of carbonyl (C=O) groups is 1. The van der Waals surface area contributed by atoms with E-state index in [0.29, 0.717) is 5.56 Å². The first-order valence-electron chi connectivity index (χ1n) is 5.96. The van der Waals surface area contributed by atoms with Gasteiger partial charge in [0.15, 0.2) is 0 Å². The number of carboxylic acids is 1. The van der Waals surface area contributed by atoms with Crippen molar-refractivity contribution in [3.8, 4) is 0 Å². The van der Waals surface area contributed by atoms with E-state index in [1.807, 2.05) is 12.1 Å². The average Bonchev–Trinajstić information content (AvgIpc) is 2.14. The minimum atomic E-state index is -0.870. The lowest BCUT2D eigenvalue weighted by atomic mass is 9.72. The Hall–Kier alpha value is -1.31. The summed E-state index contributed by atoms with van der Waals surface area (Å²) in [5.41, 5.74) is 1.86. The van der Waals surface area contributed by atoms with Crippen LogP contribution in [0, 0.1) is 5.41 Å². The minimum absolute atomic E-state index is 0.0648. The molecule has 1 aromatic rings. The maximum Gasteiger partial charge on any atom is 0.335 e. The Morgan fingerprint density at radius 1 is 1.06 bits per heavy atom. The molecule has 0 radical (unpaired) electrons. The summed E-state index contributed by atoms with van der Waals surface area (Å²) in [6, 6.07) is 7.22. The van der Waals surface area contributed by atoms with E-state index >= 15 is 0 Å². The first kappa shape index (κ1) is 13.8. The van der Waals surface area contributed by atoms with E-state index in [4.69, 9.17) is 5.11 Å². The second kappa shape index (κ2) is 4.52. The van der Waals surface area contributed by atoms with Gasteiger partial charge in [0.05, 0.1) is 5.56 Å². The number of aromatic carboxylic acids is 1. The summed E-state index contributed by atoms with van der Waals surface area (Å²) in [5.74, 6) is -0.870. The molecule has 0 spiro atoms. The van der Waals surface area contributed by atoms with Crippen molar-refractivity contribution in [2.45, 2.75) is 46.5 Å². The zero-order valence-corrected chi connectivity index (χ0v) is 11.4. The van der Waals surface area contributed by atoms with Gasteiger partial charge in [-0.25, -0.2) is 4.79 Å². The summed E-state index contributed by atoms with van der Waals surface area (Å²) in [6.45, 7) is 11.1. The third kappa shape index (κ3) is 3.88. The second-order valence-corrected chi connectivity index (χ2v) is 6.50. The lowest BCUT2D eigenvalue weighted by Crippen LogP contribution is -2.24. The number of hydrogen-bond donors (Lipinski definition) is 1. The molecule has 1 aromatic carbocycles. The van der Waals surface area contributed by atoms with Gasteiger partial charge in [0.1, 0.15) is 0 Å². The third-order valence-electron chi connectivity index (χ3n) is 2.89. The van der Waals surface area contributed by atoms with Crippen molar-refractivity contribution >= 4 is 5.97 Å². The number of rotatable bonds is 3. The molecular weight excluding hydrogens is 212 g/mol. The summed E-state index contributed by atoms with van der Waals surface area (Å²) in [6.07, 6.45) is 1.06. The molecule has 17 heavy (non-hydrogen) atoms. The number of carboxylic acid groups (broad SMARTS) is 1. The van der Waals surface area contributed by atoms with E-state index in [9.17, 15) is 4.79 Å². The molecule has 0 saturated carbocycles. The molecule has 0 aromatic heterocycles. The normalized spacial score (nSPS) is 12.5. The highest BCUT2D eigenvalue weighted by Crippen LogP contribution is 2.36. The van der Waals surface area contributed by atoms with Crippen molar-refractivity contribution in [1.29, 1.82) is 0 Å². The Balaban J connectivity index is 2.96. The Morgan fingerprint density at radius 3 is 1.88 bits per heavy atom. The van der Waals surface area contributed by atoms with Gasteiger partial charge in [-0.1, -0.05) is 46.8 Å². The van der Waals surface area contributed by atoms with Gasteiger partial charge in [0.25, 0.3) is 0 Å². The number of benzene rings is 1. The van der Waals surface area contributed by atoms with Gasteiger partial charge in [-0.15, -0.1) is 0 Å². The maximum atomic E-state index is 10.8. The molecule has 0 aliphatic rings. The molecule has 2 nitrogen and oxygen atoms in total. The molecule has 0 amide bonds. The van der Waals surface area contributed by atoms with E-state index < -0.39 is 5.97 Å². The molecule has 0 aliphatic carbocycles. The maximum absolute atomic E-state index is 10.8. The fourth-order valence-electron chi connectivity index (χ4n) is 2.49.